The number of nitrogens with one attached hydrogen (secondary N) is 1. The number of hydrogen-bond acceptors (Lipinski definition) is 3. The number of fused-ring (bicyclic) bond motifs is 1. The first-order chi connectivity index (χ1) is 11.6. The van der Waals surface area contributed by atoms with Crippen LogP contribution in [0.1, 0.15) is 40.2 Å². The lowest BCUT2D eigenvalue weighted by Crippen LogP contribution is -2.25. The molecule has 0 fully saturated rings. The fourth-order valence-corrected chi connectivity index (χ4v) is 3.17. The Morgan fingerprint density at radius 2 is 2.00 bits per heavy atom. The molecule has 0 aromatic heterocycles. The summed E-state index contributed by atoms with van der Waals surface area (Å²) in [5.74, 6) is -0.984. The average Bonchev–Trinajstić information content (AvgIpc) is 2.61. The van der Waals surface area contributed by atoms with E-state index < -0.39 is 5.97 Å². The van der Waals surface area contributed by atoms with Crippen molar-refractivity contribution in [2.45, 2.75) is 25.2 Å². The van der Waals surface area contributed by atoms with Gasteiger partial charge in [-0.15, -0.1) is 0 Å². The molecular formula is C19H19NO4. The second-order valence-corrected chi connectivity index (χ2v) is 5.85. The van der Waals surface area contributed by atoms with Gasteiger partial charge in [0, 0.05) is 0 Å². The molecule has 1 amide bonds. The molecule has 2 N–H and O–H groups in total. The van der Waals surface area contributed by atoms with Crippen molar-refractivity contribution in [2.24, 2.45) is 0 Å². The van der Waals surface area contributed by atoms with Crippen LogP contribution in [0.5, 0.6) is 5.75 Å². The summed E-state index contributed by atoms with van der Waals surface area (Å²) in [4.78, 5) is 23.8. The number of carboxylic acid groups (broad SMARTS) is 1. The van der Waals surface area contributed by atoms with Gasteiger partial charge in [-0.1, -0.05) is 24.3 Å². The van der Waals surface area contributed by atoms with Crippen molar-refractivity contribution in [3.8, 4) is 5.75 Å². The molecule has 124 valence electrons. The molecule has 1 atom stereocenters. The number of methoxy groups -OCH3 is 1. The summed E-state index contributed by atoms with van der Waals surface area (Å²) in [6.45, 7) is 0. The Bertz CT molecular complexity index is 785. The van der Waals surface area contributed by atoms with Crippen molar-refractivity contribution in [3.05, 3.63) is 59.2 Å². The SMILES string of the molecule is COc1cc(C(=O)O)ccc1NC(=O)C1CCCc2ccccc21. The zero-order chi connectivity index (χ0) is 17.1. The Labute approximate surface area is 140 Å². The molecule has 24 heavy (non-hydrogen) atoms. The van der Waals surface area contributed by atoms with Crippen molar-refractivity contribution < 1.29 is 19.4 Å². The molecule has 2 aromatic carbocycles. The van der Waals surface area contributed by atoms with Gasteiger partial charge in [0.1, 0.15) is 5.75 Å². The molecule has 2 aromatic rings. The lowest BCUT2D eigenvalue weighted by molar-refractivity contribution is -0.117. The highest BCUT2D eigenvalue weighted by Crippen LogP contribution is 2.34. The van der Waals surface area contributed by atoms with Crippen LogP contribution in [0.15, 0.2) is 42.5 Å². The van der Waals surface area contributed by atoms with Gasteiger partial charge in [0.15, 0.2) is 0 Å². The van der Waals surface area contributed by atoms with Crippen LogP contribution in [0.3, 0.4) is 0 Å². The number of hydrogen-bond donors (Lipinski definition) is 2. The normalized spacial score (nSPS) is 16.1. The summed E-state index contributed by atoms with van der Waals surface area (Å²) < 4.78 is 5.22. The number of carbonyl (C=O) groups excluding carboxylic acids is 1. The fraction of sp³-hybridized carbons (Fsp3) is 0.263. The van der Waals surface area contributed by atoms with Crippen molar-refractivity contribution in [1.29, 1.82) is 0 Å². The first-order valence-electron chi connectivity index (χ1n) is 7.90. The number of ether oxygens (including phenoxy) is 1. The van der Waals surface area contributed by atoms with Crippen LogP contribution in [0.2, 0.25) is 0 Å². The van der Waals surface area contributed by atoms with Crippen LogP contribution in [0.4, 0.5) is 5.69 Å². The molecule has 0 heterocycles. The highest BCUT2D eigenvalue weighted by Gasteiger charge is 2.26. The van der Waals surface area contributed by atoms with E-state index in [9.17, 15) is 9.59 Å². The molecule has 3 rings (SSSR count). The largest absolute Gasteiger partial charge is 0.495 e. The third kappa shape index (κ3) is 3.11. The van der Waals surface area contributed by atoms with Crippen molar-refractivity contribution in [2.75, 3.05) is 12.4 Å². The number of anilines is 1. The van der Waals surface area contributed by atoms with Crippen LogP contribution in [0, 0.1) is 0 Å². The highest BCUT2D eigenvalue weighted by atomic mass is 16.5. The number of aryl methyl sites for hydroxylation is 1. The van der Waals surface area contributed by atoms with Crippen LogP contribution in [0.25, 0.3) is 0 Å². The minimum absolute atomic E-state index is 0.0940. The lowest BCUT2D eigenvalue weighted by Gasteiger charge is -2.25. The molecule has 1 aliphatic carbocycles. The third-order valence-electron chi connectivity index (χ3n) is 4.39. The minimum atomic E-state index is -1.03. The van der Waals surface area contributed by atoms with Gasteiger partial charge in [-0.05, 0) is 48.6 Å². The van der Waals surface area contributed by atoms with Gasteiger partial charge in [-0.2, -0.15) is 0 Å². The lowest BCUT2D eigenvalue weighted by atomic mass is 9.82. The van der Waals surface area contributed by atoms with E-state index in [1.807, 2.05) is 18.2 Å². The predicted molar refractivity (Wildman–Crippen MR) is 90.7 cm³/mol. The zero-order valence-electron chi connectivity index (χ0n) is 13.4. The molecule has 1 aliphatic rings. The first-order valence-corrected chi connectivity index (χ1v) is 7.90. The number of benzene rings is 2. The number of rotatable bonds is 4. The molecule has 5 nitrogen and oxygen atoms in total. The Balaban J connectivity index is 1.84. The molecule has 0 aliphatic heterocycles. The van der Waals surface area contributed by atoms with Gasteiger partial charge in [-0.3, -0.25) is 4.79 Å². The number of aromatic carboxylic acids is 1. The number of carbonyl (C=O) groups is 2. The molecule has 0 radical (unpaired) electrons. The second kappa shape index (κ2) is 6.74. The first kappa shape index (κ1) is 16.1. The maximum atomic E-state index is 12.7. The maximum absolute atomic E-state index is 12.7. The van der Waals surface area contributed by atoms with Gasteiger partial charge >= 0.3 is 5.97 Å². The van der Waals surface area contributed by atoms with E-state index in [0.29, 0.717) is 11.4 Å². The van der Waals surface area contributed by atoms with E-state index in [1.165, 1.54) is 24.8 Å². The summed E-state index contributed by atoms with van der Waals surface area (Å²) in [6, 6.07) is 12.4. The summed E-state index contributed by atoms with van der Waals surface area (Å²) >= 11 is 0. The Morgan fingerprint density at radius 1 is 1.21 bits per heavy atom. The van der Waals surface area contributed by atoms with Crippen LogP contribution in [-0.4, -0.2) is 24.1 Å². The van der Waals surface area contributed by atoms with Gasteiger partial charge in [0.05, 0.1) is 24.3 Å². The molecule has 1 unspecified atom stereocenters. The minimum Gasteiger partial charge on any atom is -0.495 e. The standard InChI is InChI=1S/C19H19NO4/c1-24-17-11-13(19(22)23)9-10-16(17)20-18(21)15-8-4-6-12-5-2-3-7-14(12)15/h2-3,5,7,9-11,15H,4,6,8H2,1H3,(H,20,21)(H,22,23). The number of amides is 1. The average molecular weight is 325 g/mol. The molecule has 0 saturated carbocycles. The fourth-order valence-electron chi connectivity index (χ4n) is 3.17. The predicted octanol–water partition coefficient (Wildman–Crippen LogP) is 3.45. The second-order valence-electron chi connectivity index (χ2n) is 5.85. The smallest absolute Gasteiger partial charge is 0.335 e. The van der Waals surface area contributed by atoms with Crippen LogP contribution >= 0.6 is 0 Å². The zero-order valence-corrected chi connectivity index (χ0v) is 13.4. The van der Waals surface area contributed by atoms with Crippen molar-refractivity contribution >= 4 is 17.6 Å². The molecule has 0 bridgehead atoms. The molecule has 0 saturated heterocycles. The molecular weight excluding hydrogens is 306 g/mol. The van der Waals surface area contributed by atoms with E-state index in [2.05, 4.69) is 11.4 Å². The monoisotopic (exact) mass is 325 g/mol. The van der Waals surface area contributed by atoms with Crippen LogP contribution < -0.4 is 10.1 Å². The quantitative estimate of drug-likeness (QED) is 0.903. The van der Waals surface area contributed by atoms with Gasteiger partial charge in [-0.25, -0.2) is 4.79 Å². The van der Waals surface area contributed by atoms with Crippen LogP contribution in [-0.2, 0) is 11.2 Å². The Morgan fingerprint density at radius 3 is 2.75 bits per heavy atom. The van der Waals surface area contributed by atoms with E-state index in [0.717, 1.165) is 24.8 Å². The summed E-state index contributed by atoms with van der Waals surface area (Å²) in [6.07, 6.45) is 2.78. The van der Waals surface area contributed by atoms with Gasteiger partial charge < -0.3 is 15.2 Å². The summed E-state index contributed by atoms with van der Waals surface area (Å²) in [5, 5.41) is 11.9. The summed E-state index contributed by atoms with van der Waals surface area (Å²) in [7, 11) is 1.45. The van der Waals surface area contributed by atoms with Crippen molar-refractivity contribution in [1.82, 2.24) is 0 Å². The van der Waals surface area contributed by atoms with E-state index in [-0.39, 0.29) is 17.4 Å². The van der Waals surface area contributed by atoms with E-state index >= 15 is 0 Å². The van der Waals surface area contributed by atoms with E-state index in [4.69, 9.17) is 9.84 Å². The highest BCUT2D eigenvalue weighted by molar-refractivity contribution is 5.98. The van der Waals surface area contributed by atoms with E-state index in [1.54, 1.807) is 6.07 Å². The molecule has 0 spiro atoms. The van der Waals surface area contributed by atoms with Crippen molar-refractivity contribution in [3.63, 3.8) is 0 Å². The van der Waals surface area contributed by atoms with Gasteiger partial charge in [0.2, 0.25) is 5.91 Å². The Hall–Kier alpha value is -2.82. The Kier molecular flexibility index (Phi) is 4.51. The number of carboxylic acids is 1. The molecule has 5 heteroatoms. The third-order valence-corrected chi connectivity index (χ3v) is 4.39. The van der Waals surface area contributed by atoms with Gasteiger partial charge in [0.25, 0.3) is 0 Å². The summed E-state index contributed by atoms with van der Waals surface area (Å²) in [5.41, 5.74) is 2.89. The topological polar surface area (TPSA) is 75.6 Å². The maximum Gasteiger partial charge on any atom is 0.335 e.